The van der Waals surface area contributed by atoms with Gasteiger partial charge >= 0.3 is 0 Å². The molecular formula is C30H26N4OS4. The first kappa shape index (κ1) is 26.4. The van der Waals surface area contributed by atoms with Gasteiger partial charge in [-0.1, -0.05) is 35.6 Å². The number of thiazole rings is 1. The van der Waals surface area contributed by atoms with Crippen LogP contribution in [0.5, 0.6) is 0 Å². The minimum absolute atomic E-state index is 0.208. The lowest BCUT2D eigenvalue weighted by molar-refractivity contribution is 0.102. The molecule has 0 atom stereocenters. The molecule has 1 amide bonds. The molecule has 6 rings (SSSR count). The molecule has 0 unspecified atom stereocenters. The fourth-order valence-electron chi connectivity index (χ4n) is 4.91. The van der Waals surface area contributed by atoms with E-state index in [0.717, 1.165) is 66.4 Å². The topological polar surface area (TPSA) is 58.1 Å². The summed E-state index contributed by atoms with van der Waals surface area (Å²) in [5.41, 5.74) is 5.86. The number of para-hydroxylation sites is 1. The molecule has 0 aliphatic carbocycles. The number of pyridine rings is 1. The molecule has 0 bridgehead atoms. The Balaban J connectivity index is 1.27. The molecule has 1 saturated heterocycles. The molecule has 5 aromatic rings. The lowest BCUT2D eigenvalue weighted by Crippen LogP contribution is -2.18. The maximum Gasteiger partial charge on any atom is 0.255 e. The number of hydrogen-bond acceptors (Lipinski definition) is 8. The molecule has 1 aliphatic rings. The van der Waals surface area contributed by atoms with Crippen LogP contribution < -0.4 is 5.32 Å². The van der Waals surface area contributed by atoms with E-state index in [1.165, 1.54) is 29.7 Å². The highest BCUT2D eigenvalue weighted by Crippen LogP contribution is 2.37. The number of nitrogens with one attached hydrogen (secondary N) is 1. The van der Waals surface area contributed by atoms with Crippen LogP contribution in [0.15, 0.2) is 87.6 Å². The number of aromatic nitrogens is 2. The van der Waals surface area contributed by atoms with E-state index in [1.807, 2.05) is 60.8 Å². The fourth-order valence-corrected chi connectivity index (χ4v) is 6.75. The van der Waals surface area contributed by atoms with Crippen molar-refractivity contribution in [3.63, 3.8) is 0 Å². The molecule has 3 heterocycles. The van der Waals surface area contributed by atoms with E-state index in [4.69, 9.17) is 9.97 Å². The number of carbonyl (C=O) groups excluding carboxylic acids is 1. The van der Waals surface area contributed by atoms with Gasteiger partial charge in [0.1, 0.15) is 15.4 Å². The summed E-state index contributed by atoms with van der Waals surface area (Å²) in [6, 6.07) is 21.1. The summed E-state index contributed by atoms with van der Waals surface area (Å²) in [6.45, 7) is 3.19. The van der Waals surface area contributed by atoms with Crippen molar-refractivity contribution in [2.75, 3.05) is 18.4 Å². The number of amides is 1. The number of thiol groups is 3. The Kier molecular flexibility index (Phi) is 7.68. The van der Waals surface area contributed by atoms with Crippen molar-refractivity contribution in [1.29, 1.82) is 0 Å². The van der Waals surface area contributed by atoms with Gasteiger partial charge in [-0.25, -0.2) is 9.97 Å². The van der Waals surface area contributed by atoms with Crippen molar-refractivity contribution in [1.82, 2.24) is 14.9 Å². The number of anilines is 1. The number of rotatable bonds is 6. The predicted molar refractivity (Wildman–Crippen MR) is 169 cm³/mol. The van der Waals surface area contributed by atoms with E-state index in [0.29, 0.717) is 11.3 Å². The molecule has 1 fully saturated rings. The van der Waals surface area contributed by atoms with E-state index in [1.54, 1.807) is 6.07 Å². The Hall–Kier alpha value is -2.82. The van der Waals surface area contributed by atoms with Gasteiger partial charge in [0.2, 0.25) is 0 Å². The summed E-state index contributed by atoms with van der Waals surface area (Å²) >= 11 is 15.3. The van der Waals surface area contributed by atoms with Crippen LogP contribution in [0, 0.1) is 0 Å². The van der Waals surface area contributed by atoms with Crippen LogP contribution in [0.3, 0.4) is 0 Å². The third-order valence-corrected chi connectivity index (χ3v) is 9.26. The smallest absolute Gasteiger partial charge is 0.255 e. The summed E-state index contributed by atoms with van der Waals surface area (Å²) in [6.07, 6.45) is 4.48. The van der Waals surface area contributed by atoms with Crippen LogP contribution in [-0.2, 0) is 6.54 Å². The van der Waals surface area contributed by atoms with Gasteiger partial charge in [0, 0.05) is 44.1 Å². The Bertz CT molecular complexity index is 1690. The first-order valence-electron chi connectivity index (χ1n) is 12.7. The van der Waals surface area contributed by atoms with Crippen molar-refractivity contribution >= 4 is 71.2 Å². The summed E-state index contributed by atoms with van der Waals surface area (Å²) in [5, 5.41) is 3.92. The molecule has 1 aliphatic heterocycles. The molecule has 39 heavy (non-hydrogen) atoms. The van der Waals surface area contributed by atoms with E-state index in [2.05, 4.69) is 54.2 Å². The Morgan fingerprint density at radius 1 is 0.949 bits per heavy atom. The van der Waals surface area contributed by atoms with E-state index in [9.17, 15) is 4.79 Å². The third-order valence-electron chi connectivity index (χ3n) is 6.86. The van der Waals surface area contributed by atoms with E-state index >= 15 is 0 Å². The SMILES string of the molecule is O=C(Nc1ccccc1-c1nc2cc(CN3CCCC3)cnc2s1)c1cccc(-c2c(S)ccc(S)c2S)c1. The van der Waals surface area contributed by atoms with Crippen LogP contribution in [0.25, 0.3) is 32.0 Å². The van der Waals surface area contributed by atoms with Gasteiger partial charge in [0.15, 0.2) is 0 Å². The maximum absolute atomic E-state index is 13.4. The summed E-state index contributed by atoms with van der Waals surface area (Å²) < 4.78 is 0. The first-order chi connectivity index (χ1) is 19.0. The molecule has 0 spiro atoms. The maximum atomic E-state index is 13.4. The van der Waals surface area contributed by atoms with Gasteiger partial charge in [-0.2, -0.15) is 0 Å². The third kappa shape index (κ3) is 5.60. The summed E-state index contributed by atoms with van der Waals surface area (Å²) in [7, 11) is 0. The highest BCUT2D eigenvalue weighted by atomic mass is 32.1. The van der Waals surface area contributed by atoms with Crippen LogP contribution in [0.2, 0.25) is 0 Å². The molecule has 0 radical (unpaired) electrons. The zero-order chi connectivity index (χ0) is 26.9. The standard InChI is InChI=1S/C30H26N4OS4/c35-28(20-7-5-6-19(15-20)26-24(36)10-11-25(37)27(26)38)32-22-9-2-1-8-21(22)29-33-23-14-18(16-31-30(23)39-29)17-34-12-3-4-13-34/h1-2,5-11,14-16,36-38H,3-4,12-13,17H2,(H,32,35). The molecule has 0 saturated carbocycles. The van der Waals surface area contributed by atoms with Gasteiger partial charge in [0.25, 0.3) is 5.91 Å². The van der Waals surface area contributed by atoms with Crippen LogP contribution >= 0.6 is 49.2 Å². The number of nitrogens with zero attached hydrogens (tertiary/aromatic N) is 3. The van der Waals surface area contributed by atoms with Crippen molar-refractivity contribution in [2.45, 2.75) is 34.1 Å². The van der Waals surface area contributed by atoms with Crippen molar-refractivity contribution in [3.05, 3.63) is 84.1 Å². The lowest BCUT2D eigenvalue weighted by atomic mass is 10.0. The van der Waals surface area contributed by atoms with Crippen molar-refractivity contribution < 1.29 is 4.79 Å². The number of likely N-dealkylation sites (tertiary alicyclic amines) is 1. The van der Waals surface area contributed by atoms with Gasteiger partial charge in [-0.3, -0.25) is 9.69 Å². The normalized spacial score (nSPS) is 13.7. The molecule has 3 aromatic carbocycles. The Morgan fingerprint density at radius 2 is 1.74 bits per heavy atom. The van der Waals surface area contributed by atoms with Gasteiger partial charge in [-0.05, 0) is 79.5 Å². The summed E-state index contributed by atoms with van der Waals surface area (Å²) in [5.74, 6) is -0.208. The highest BCUT2D eigenvalue weighted by Gasteiger charge is 2.17. The average Bonchev–Trinajstić information content (AvgIpc) is 3.61. The molecule has 9 heteroatoms. The zero-order valence-corrected chi connectivity index (χ0v) is 24.5. The Labute approximate surface area is 247 Å². The quantitative estimate of drug-likeness (QED) is 0.154. The number of carbonyl (C=O) groups is 1. The van der Waals surface area contributed by atoms with Gasteiger partial charge in [-0.15, -0.1) is 37.9 Å². The minimum atomic E-state index is -0.208. The Morgan fingerprint density at radius 3 is 2.59 bits per heavy atom. The lowest BCUT2D eigenvalue weighted by Gasteiger charge is -2.13. The average molecular weight is 587 g/mol. The zero-order valence-electron chi connectivity index (χ0n) is 21.0. The second-order valence-electron chi connectivity index (χ2n) is 9.58. The van der Waals surface area contributed by atoms with Gasteiger partial charge < -0.3 is 5.32 Å². The molecule has 1 N–H and O–H groups in total. The minimum Gasteiger partial charge on any atom is -0.321 e. The van der Waals surface area contributed by atoms with E-state index < -0.39 is 0 Å². The summed E-state index contributed by atoms with van der Waals surface area (Å²) in [4.78, 5) is 28.6. The van der Waals surface area contributed by atoms with Crippen LogP contribution in [-0.4, -0.2) is 33.9 Å². The van der Waals surface area contributed by atoms with Crippen molar-refractivity contribution in [3.8, 4) is 21.7 Å². The predicted octanol–water partition coefficient (Wildman–Crippen LogP) is 7.74. The van der Waals surface area contributed by atoms with Crippen molar-refractivity contribution in [2.24, 2.45) is 0 Å². The van der Waals surface area contributed by atoms with Gasteiger partial charge in [0.05, 0.1) is 5.69 Å². The second-order valence-corrected chi connectivity index (χ2v) is 12.0. The number of fused-ring (bicyclic) bond motifs is 1. The second kappa shape index (κ2) is 11.3. The first-order valence-corrected chi connectivity index (χ1v) is 14.8. The van der Waals surface area contributed by atoms with Crippen LogP contribution in [0.4, 0.5) is 5.69 Å². The fraction of sp³-hybridized carbons (Fsp3) is 0.167. The molecule has 5 nitrogen and oxygen atoms in total. The largest absolute Gasteiger partial charge is 0.321 e. The van der Waals surface area contributed by atoms with E-state index in [-0.39, 0.29) is 5.91 Å². The molecule has 2 aromatic heterocycles. The number of hydrogen-bond donors (Lipinski definition) is 4. The number of benzene rings is 3. The monoisotopic (exact) mass is 586 g/mol. The molecule has 196 valence electrons. The highest BCUT2D eigenvalue weighted by molar-refractivity contribution is 7.84. The van der Waals surface area contributed by atoms with Crippen LogP contribution in [0.1, 0.15) is 28.8 Å². The molecular weight excluding hydrogens is 561 g/mol.